The van der Waals surface area contributed by atoms with Gasteiger partial charge in [0.1, 0.15) is 17.5 Å². The number of aromatic hydroxyl groups is 2. The highest BCUT2D eigenvalue weighted by molar-refractivity contribution is 5.66. The number of phenolic OH excluding ortho intramolecular Hbond substituents is 2. The number of fused-ring (bicyclic) bond motifs is 9. The van der Waals surface area contributed by atoms with Gasteiger partial charge in [0.2, 0.25) is 6.79 Å². The second kappa shape index (κ2) is 7.25. The SMILES string of the molecule is Cc1cc2c(c(O)c1C)[C@@H]1C3Cc4c(O)c(C)c5c(c4[C@H](CN)N3[C@@H](C#N)[C@H](C2)N1C)OCO5. The Balaban J connectivity index is 1.61. The lowest BCUT2D eigenvalue weighted by Gasteiger charge is -2.60. The van der Waals surface area contributed by atoms with Crippen molar-refractivity contribution in [1.29, 1.82) is 5.26 Å². The fraction of sp³-hybridized carbons (Fsp3) is 0.500. The van der Waals surface area contributed by atoms with Gasteiger partial charge >= 0.3 is 0 Å². The van der Waals surface area contributed by atoms with Crippen LogP contribution in [0.1, 0.15) is 51.0 Å². The lowest BCUT2D eigenvalue weighted by atomic mass is 9.71. The van der Waals surface area contributed by atoms with Gasteiger partial charge in [-0.05, 0) is 57.4 Å². The van der Waals surface area contributed by atoms with Gasteiger partial charge in [0, 0.05) is 40.9 Å². The number of likely N-dealkylation sites (N-methyl/N-ethyl adjacent to an activating group) is 1. The molecule has 6 rings (SSSR count). The van der Waals surface area contributed by atoms with E-state index in [1.54, 1.807) is 0 Å². The number of phenols is 2. The number of benzene rings is 2. The first kappa shape index (κ1) is 21.5. The summed E-state index contributed by atoms with van der Waals surface area (Å²) in [6, 6.07) is 3.71. The summed E-state index contributed by atoms with van der Waals surface area (Å²) in [5.74, 6) is 1.73. The highest BCUT2D eigenvalue weighted by atomic mass is 16.7. The predicted octanol–water partition coefficient (Wildman–Crippen LogP) is 2.48. The van der Waals surface area contributed by atoms with Crippen LogP contribution < -0.4 is 15.2 Å². The molecule has 4 aliphatic heterocycles. The van der Waals surface area contributed by atoms with E-state index in [2.05, 4.69) is 21.9 Å². The smallest absolute Gasteiger partial charge is 0.231 e. The van der Waals surface area contributed by atoms with Crippen LogP contribution in [-0.2, 0) is 12.8 Å². The summed E-state index contributed by atoms with van der Waals surface area (Å²) in [5, 5.41) is 32.9. The lowest BCUT2D eigenvalue weighted by Crippen LogP contribution is -2.68. The predicted molar refractivity (Wildman–Crippen MR) is 125 cm³/mol. The molecule has 4 N–H and O–H groups in total. The van der Waals surface area contributed by atoms with Crippen molar-refractivity contribution in [2.24, 2.45) is 5.73 Å². The van der Waals surface area contributed by atoms with E-state index < -0.39 is 6.04 Å². The molecular weight excluding hydrogens is 432 g/mol. The van der Waals surface area contributed by atoms with E-state index in [0.29, 0.717) is 35.7 Å². The van der Waals surface area contributed by atoms with E-state index >= 15 is 0 Å². The first-order chi connectivity index (χ1) is 16.3. The topological polar surface area (TPSA) is 115 Å². The van der Waals surface area contributed by atoms with Gasteiger partial charge in [-0.1, -0.05) is 6.07 Å². The van der Waals surface area contributed by atoms with Crippen LogP contribution in [0.25, 0.3) is 0 Å². The van der Waals surface area contributed by atoms with Crippen molar-refractivity contribution in [3.8, 4) is 29.1 Å². The average molecular weight is 463 g/mol. The average Bonchev–Trinajstić information content (AvgIpc) is 3.31. The van der Waals surface area contributed by atoms with Crippen molar-refractivity contribution in [3.63, 3.8) is 0 Å². The molecule has 1 fully saturated rings. The Hall–Kier alpha value is -2.99. The molecule has 1 saturated heterocycles. The van der Waals surface area contributed by atoms with E-state index in [1.807, 2.05) is 27.8 Å². The molecule has 1 unspecified atom stereocenters. The largest absolute Gasteiger partial charge is 0.507 e. The van der Waals surface area contributed by atoms with Crippen molar-refractivity contribution < 1.29 is 19.7 Å². The molecule has 0 amide bonds. The van der Waals surface area contributed by atoms with Gasteiger partial charge in [0.25, 0.3) is 0 Å². The molecule has 0 aliphatic carbocycles. The fourth-order valence-electron chi connectivity index (χ4n) is 6.94. The highest BCUT2D eigenvalue weighted by Gasteiger charge is 2.56. The maximum Gasteiger partial charge on any atom is 0.231 e. The van der Waals surface area contributed by atoms with Gasteiger partial charge < -0.3 is 25.4 Å². The normalized spacial score (nSPS) is 29.2. The van der Waals surface area contributed by atoms with Crippen LogP contribution in [0.5, 0.6) is 23.0 Å². The zero-order chi connectivity index (χ0) is 24.0. The van der Waals surface area contributed by atoms with E-state index in [0.717, 1.165) is 33.4 Å². The number of nitrogens with zero attached hydrogens (tertiary/aromatic N) is 3. The molecule has 0 radical (unpaired) electrons. The van der Waals surface area contributed by atoms with Crippen molar-refractivity contribution in [1.82, 2.24) is 9.80 Å². The van der Waals surface area contributed by atoms with Gasteiger partial charge in [-0.2, -0.15) is 5.26 Å². The summed E-state index contributed by atoms with van der Waals surface area (Å²) >= 11 is 0. The molecule has 4 aliphatic rings. The van der Waals surface area contributed by atoms with Gasteiger partial charge in [-0.3, -0.25) is 9.80 Å². The zero-order valence-electron chi connectivity index (χ0n) is 19.9. The van der Waals surface area contributed by atoms with Gasteiger partial charge in [-0.25, -0.2) is 0 Å². The molecule has 0 spiro atoms. The van der Waals surface area contributed by atoms with Crippen molar-refractivity contribution in [3.05, 3.63) is 45.0 Å². The Kier molecular flexibility index (Phi) is 4.59. The standard InChI is InChI=1S/C26H30N4O4/c1-11-5-14-6-16-18(8-27)30-17(22(29(16)4)20(14)24(32)12(11)2)7-15-21(19(30)9-28)26-25(33-10-34-26)13(3)23(15)31/h5,16-19,22,31-32H,6-7,9-10,28H2,1-4H3/t16-,17?,18-,19-,22-/m0/s1. The Labute approximate surface area is 199 Å². The number of piperazine rings is 1. The van der Waals surface area contributed by atoms with Crippen LogP contribution >= 0.6 is 0 Å². The van der Waals surface area contributed by atoms with Gasteiger partial charge in [0.15, 0.2) is 11.5 Å². The minimum absolute atomic E-state index is 0.0416. The van der Waals surface area contributed by atoms with Crippen molar-refractivity contribution in [2.75, 3.05) is 20.4 Å². The van der Waals surface area contributed by atoms with Crippen LogP contribution in [0.3, 0.4) is 0 Å². The summed E-state index contributed by atoms with van der Waals surface area (Å²) in [6.07, 6.45) is 1.19. The molecule has 4 heterocycles. The first-order valence-electron chi connectivity index (χ1n) is 11.8. The summed E-state index contributed by atoms with van der Waals surface area (Å²) in [4.78, 5) is 4.48. The Bertz CT molecular complexity index is 1270. The summed E-state index contributed by atoms with van der Waals surface area (Å²) in [6.45, 7) is 6.17. The Morgan fingerprint density at radius 1 is 1.06 bits per heavy atom. The van der Waals surface area contributed by atoms with E-state index in [-0.39, 0.29) is 43.3 Å². The lowest BCUT2D eigenvalue weighted by molar-refractivity contribution is -0.0709. The van der Waals surface area contributed by atoms with Crippen LogP contribution in [0.2, 0.25) is 0 Å². The third-order valence-corrected chi connectivity index (χ3v) is 8.68. The molecule has 2 aromatic carbocycles. The number of nitriles is 1. The van der Waals surface area contributed by atoms with E-state index in [1.165, 1.54) is 0 Å². The van der Waals surface area contributed by atoms with Crippen molar-refractivity contribution in [2.45, 2.75) is 63.8 Å². The van der Waals surface area contributed by atoms with Crippen LogP contribution in [0, 0.1) is 32.1 Å². The molecule has 0 aromatic heterocycles. The monoisotopic (exact) mass is 462 g/mol. The number of nitrogens with two attached hydrogens (primary N) is 1. The van der Waals surface area contributed by atoms with Crippen LogP contribution in [0.15, 0.2) is 6.07 Å². The number of rotatable bonds is 1. The molecule has 178 valence electrons. The number of hydrogen-bond acceptors (Lipinski definition) is 8. The third-order valence-electron chi connectivity index (χ3n) is 8.68. The molecule has 8 heteroatoms. The minimum Gasteiger partial charge on any atom is -0.507 e. The van der Waals surface area contributed by atoms with Gasteiger partial charge in [-0.15, -0.1) is 0 Å². The summed E-state index contributed by atoms with van der Waals surface area (Å²) < 4.78 is 11.6. The third kappa shape index (κ3) is 2.52. The second-order valence-corrected chi connectivity index (χ2v) is 10.1. The molecule has 0 saturated carbocycles. The molecular formula is C26H30N4O4. The molecule has 34 heavy (non-hydrogen) atoms. The molecule has 8 nitrogen and oxygen atoms in total. The molecule has 5 atom stereocenters. The summed E-state index contributed by atoms with van der Waals surface area (Å²) in [5.41, 5.74) is 12.7. The Morgan fingerprint density at radius 3 is 2.50 bits per heavy atom. The van der Waals surface area contributed by atoms with E-state index in [4.69, 9.17) is 15.2 Å². The number of aryl methyl sites for hydroxylation is 1. The molecule has 2 bridgehead atoms. The highest BCUT2D eigenvalue weighted by Crippen LogP contribution is 2.57. The minimum atomic E-state index is -0.397. The molecule has 2 aromatic rings. The van der Waals surface area contributed by atoms with E-state index in [9.17, 15) is 15.5 Å². The van der Waals surface area contributed by atoms with Crippen LogP contribution in [-0.4, -0.2) is 58.5 Å². The maximum atomic E-state index is 11.3. The second-order valence-electron chi connectivity index (χ2n) is 10.1. The number of hydrogen-bond donors (Lipinski definition) is 3. The van der Waals surface area contributed by atoms with Gasteiger partial charge in [0.05, 0.1) is 18.2 Å². The number of ether oxygens (including phenoxy) is 2. The fourth-order valence-corrected chi connectivity index (χ4v) is 6.94. The Morgan fingerprint density at radius 2 is 1.79 bits per heavy atom. The first-order valence-corrected chi connectivity index (χ1v) is 11.8. The quantitative estimate of drug-likeness (QED) is 0.592. The van der Waals surface area contributed by atoms with Crippen LogP contribution in [0.4, 0.5) is 0 Å². The summed E-state index contributed by atoms with van der Waals surface area (Å²) in [7, 11) is 2.05. The van der Waals surface area contributed by atoms with Crippen molar-refractivity contribution >= 4 is 0 Å². The maximum absolute atomic E-state index is 11.3. The zero-order valence-corrected chi connectivity index (χ0v) is 19.9.